The van der Waals surface area contributed by atoms with Gasteiger partial charge in [0, 0.05) is 5.56 Å². The highest BCUT2D eigenvalue weighted by Crippen LogP contribution is 2.33. The number of hydrogen-bond donors (Lipinski definition) is 0. The van der Waals surface area contributed by atoms with E-state index in [1.165, 1.54) is 0 Å². The van der Waals surface area contributed by atoms with Gasteiger partial charge < -0.3 is 4.74 Å². The Morgan fingerprint density at radius 3 is 2.86 bits per heavy atom. The molecule has 0 N–H and O–H groups in total. The Labute approximate surface area is 126 Å². The van der Waals surface area contributed by atoms with Crippen molar-refractivity contribution in [3.05, 3.63) is 34.7 Å². The number of imide groups is 1. The molecule has 2 rings (SSSR count). The van der Waals surface area contributed by atoms with Gasteiger partial charge >= 0.3 is 0 Å². The Bertz CT molecular complexity index is 698. The number of benzene rings is 1. The summed E-state index contributed by atoms with van der Waals surface area (Å²) in [5, 5.41) is 8.17. The minimum absolute atomic E-state index is 0.0470. The van der Waals surface area contributed by atoms with E-state index in [9.17, 15) is 9.59 Å². The summed E-state index contributed by atoms with van der Waals surface area (Å²) >= 11 is 0.832. The largest absolute Gasteiger partial charge is 0.478 e. The normalized spacial score (nSPS) is 15.9. The Morgan fingerprint density at radius 2 is 2.14 bits per heavy atom. The fourth-order valence-electron chi connectivity index (χ4n) is 1.71. The van der Waals surface area contributed by atoms with Crippen LogP contribution in [0.4, 0.5) is 4.79 Å². The molecule has 0 aliphatic carbocycles. The second-order valence-corrected chi connectivity index (χ2v) is 4.95. The van der Waals surface area contributed by atoms with Crippen LogP contribution in [0.3, 0.4) is 0 Å². The lowest BCUT2D eigenvalue weighted by atomic mass is 10.2. The topological polar surface area (TPSA) is 70.4 Å². The van der Waals surface area contributed by atoms with Crippen LogP contribution in [0.2, 0.25) is 0 Å². The summed E-state index contributed by atoms with van der Waals surface area (Å²) in [5.41, 5.74) is 0.624. The Kier molecular flexibility index (Phi) is 4.65. The first-order valence-electron chi connectivity index (χ1n) is 5.95. The molecule has 0 atom stereocenters. The van der Waals surface area contributed by atoms with Crippen molar-refractivity contribution in [1.82, 2.24) is 4.90 Å². The van der Waals surface area contributed by atoms with Crippen LogP contribution in [-0.2, 0) is 4.79 Å². The standard InChI is InChI=1S/C15H10N2O3S/c1-2-8-17-14(18)13(21-15(17)19)10-11-5-3-4-6-12(11)20-9-7-16/h1,3-6,10H,8-9H2/b13-10+. The van der Waals surface area contributed by atoms with E-state index in [4.69, 9.17) is 16.4 Å². The van der Waals surface area contributed by atoms with E-state index >= 15 is 0 Å². The minimum Gasteiger partial charge on any atom is -0.478 e. The summed E-state index contributed by atoms with van der Waals surface area (Å²) in [5.74, 6) is 2.33. The number of carbonyl (C=O) groups is 2. The van der Waals surface area contributed by atoms with Crippen molar-refractivity contribution in [2.75, 3.05) is 13.2 Å². The summed E-state index contributed by atoms with van der Waals surface area (Å²) in [6.45, 7) is -0.141. The highest BCUT2D eigenvalue weighted by atomic mass is 32.2. The molecule has 0 spiro atoms. The lowest BCUT2D eigenvalue weighted by Gasteiger charge is -2.07. The van der Waals surface area contributed by atoms with E-state index < -0.39 is 5.91 Å². The van der Waals surface area contributed by atoms with Crippen LogP contribution in [0.15, 0.2) is 29.2 Å². The molecule has 0 bridgehead atoms. The maximum Gasteiger partial charge on any atom is 0.294 e. The van der Waals surface area contributed by atoms with Gasteiger partial charge in [0.1, 0.15) is 11.8 Å². The number of rotatable bonds is 4. The van der Waals surface area contributed by atoms with Gasteiger partial charge in [-0.15, -0.1) is 6.42 Å². The molecule has 104 valence electrons. The van der Waals surface area contributed by atoms with Crippen LogP contribution in [0.25, 0.3) is 6.08 Å². The molecule has 1 saturated heterocycles. The maximum atomic E-state index is 12.1. The van der Waals surface area contributed by atoms with Gasteiger partial charge in [0.15, 0.2) is 6.61 Å². The van der Waals surface area contributed by atoms with Gasteiger partial charge in [0.05, 0.1) is 11.4 Å². The quantitative estimate of drug-likeness (QED) is 0.630. The van der Waals surface area contributed by atoms with Gasteiger partial charge in [-0.3, -0.25) is 14.5 Å². The number of hydrogen-bond acceptors (Lipinski definition) is 5. The predicted molar refractivity (Wildman–Crippen MR) is 79.1 cm³/mol. The molecule has 0 aromatic heterocycles. The third-order valence-electron chi connectivity index (χ3n) is 2.62. The molecule has 1 fully saturated rings. The Morgan fingerprint density at radius 1 is 1.38 bits per heavy atom. The van der Waals surface area contributed by atoms with Crippen LogP contribution in [0, 0.1) is 23.7 Å². The molecule has 1 heterocycles. The first-order chi connectivity index (χ1) is 10.2. The van der Waals surface area contributed by atoms with Crippen molar-refractivity contribution in [1.29, 1.82) is 5.26 Å². The number of para-hydroxylation sites is 1. The number of nitriles is 1. The molecular weight excluding hydrogens is 288 g/mol. The monoisotopic (exact) mass is 298 g/mol. The second kappa shape index (κ2) is 6.65. The number of terminal acetylenes is 1. The predicted octanol–water partition coefficient (Wildman–Crippen LogP) is 2.26. The van der Waals surface area contributed by atoms with Crippen LogP contribution in [0.1, 0.15) is 5.56 Å². The number of ether oxygens (including phenoxy) is 1. The van der Waals surface area contributed by atoms with Gasteiger partial charge in [-0.2, -0.15) is 5.26 Å². The molecule has 2 amide bonds. The molecule has 0 unspecified atom stereocenters. The average molecular weight is 298 g/mol. The van der Waals surface area contributed by atoms with E-state index in [0.717, 1.165) is 16.7 Å². The van der Waals surface area contributed by atoms with E-state index in [-0.39, 0.29) is 23.3 Å². The van der Waals surface area contributed by atoms with Crippen LogP contribution >= 0.6 is 11.8 Å². The Balaban J connectivity index is 2.29. The van der Waals surface area contributed by atoms with Gasteiger partial charge in [-0.05, 0) is 23.9 Å². The van der Waals surface area contributed by atoms with Crippen LogP contribution in [-0.4, -0.2) is 29.2 Å². The van der Waals surface area contributed by atoms with Gasteiger partial charge in [0.25, 0.3) is 11.1 Å². The molecule has 6 heteroatoms. The fraction of sp³-hybridized carbons (Fsp3) is 0.133. The highest BCUT2D eigenvalue weighted by molar-refractivity contribution is 8.18. The molecule has 1 aromatic rings. The summed E-state index contributed by atoms with van der Waals surface area (Å²) in [4.78, 5) is 25.0. The van der Waals surface area contributed by atoms with Crippen molar-refractivity contribution >= 4 is 29.0 Å². The third kappa shape index (κ3) is 3.25. The maximum absolute atomic E-state index is 12.1. The van der Waals surface area contributed by atoms with E-state index in [1.807, 2.05) is 6.07 Å². The first kappa shape index (κ1) is 14.7. The minimum atomic E-state index is -0.418. The van der Waals surface area contributed by atoms with Crippen molar-refractivity contribution in [2.45, 2.75) is 0 Å². The summed E-state index contributed by atoms with van der Waals surface area (Å²) in [7, 11) is 0. The molecule has 0 saturated carbocycles. The van der Waals surface area contributed by atoms with Crippen LogP contribution in [0.5, 0.6) is 5.75 Å². The smallest absolute Gasteiger partial charge is 0.294 e. The molecule has 1 aliphatic heterocycles. The van der Waals surface area contributed by atoms with E-state index in [1.54, 1.807) is 30.3 Å². The van der Waals surface area contributed by atoms with E-state index in [0.29, 0.717) is 11.3 Å². The first-order valence-corrected chi connectivity index (χ1v) is 6.76. The fourth-order valence-corrected chi connectivity index (χ4v) is 2.54. The zero-order chi connectivity index (χ0) is 15.2. The van der Waals surface area contributed by atoms with Crippen molar-refractivity contribution < 1.29 is 14.3 Å². The van der Waals surface area contributed by atoms with Crippen molar-refractivity contribution in [3.63, 3.8) is 0 Å². The summed E-state index contributed by atoms with van der Waals surface area (Å²) < 4.78 is 5.28. The van der Waals surface area contributed by atoms with Crippen molar-refractivity contribution in [3.8, 4) is 24.2 Å². The molecule has 5 nitrogen and oxygen atoms in total. The lowest BCUT2D eigenvalue weighted by molar-refractivity contribution is -0.122. The SMILES string of the molecule is C#CCN1C(=O)S/C(=C/c2ccccc2OCC#N)C1=O. The lowest BCUT2D eigenvalue weighted by Crippen LogP contribution is -2.28. The van der Waals surface area contributed by atoms with Gasteiger partial charge in [-0.25, -0.2) is 0 Å². The van der Waals surface area contributed by atoms with E-state index in [2.05, 4.69) is 5.92 Å². The zero-order valence-corrected chi connectivity index (χ0v) is 11.7. The Hall–Kier alpha value is -2.70. The van der Waals surface area contributed by atoms with Gasteiger partial charge in [0.2, 0.25) is 0 Å². The molecular formula is C15H10N2O3S. The summed E-state index contributed by atoms with van der Waals surface area (Å²) in [6, 6.07) is 8.84. The molecule has 1 aromatic carbocycles. The molecule has 1 aliphatic rings. The van der Waals surface area contributed by atoms with Crippen LogP contribution < -0.4 is 4.74 Å². The third-order valence-corrected chi connectivity index (χ3v) is 3.53. The number of amides is 2. The summed E-state index contributed by atoms with van der Waals surface area (Å²) in [6.07, 6.45) is 6.70. The molecule has 0 radical (unpaired) electrons. The van der Waals surface area contributed by atoms with Gasteiger partial charge in [-0.1, -0.05) is 24.1 Å². The number of nitrogens with zero attached hydrogens (tertiary/aromatic N) is 2. The number of carbonyl (C=O) groups excluding carboxylic acids is 2. The highest BCUT2D eigenvalue weighted by Gasteiger charge is 2.34. The second-order valence-electron chi connectivity index (χ2n) is 3.96. The molecule has 21 heavy (non-hydrogen) atoms. The zero-order valence-electron chi connectivity index (χ0n) is 10.9. The number of thioether (sulfide) groups is 1. The average Bonchev–Trinajstić information content (AvgIpc) is 2.74. The van der Waals surface area contributed by atoms with Crippen molar-refractivity contribution in [2.24, 2.45) is 0 Å².